The lowest BCUT2D eigenvalue weighted by atomic mass is 9.95. The Kier molecular flexibility index (Phi) is 5.88. The molecule has 2 aliphatic rings. The van der Waals surface area contributed by atoms with Gasteiger partial charge in [0.15, 0.2) is 0 Å². The molecule has 1 aliphatic carbocycles. The second kappa shape index (κ2) is 8.32. The van der Waals surface area contributed by atoms with Crippen molar-refractivity contribution >= 4 is 17.8 Å². The van der Waals surface area contributed by atoms with Crippen molar-refractivity contribution < 1.29 is 14.4 Å². The van der Waals surface area contributed by atoms with Crippen LogP contribution in [0.5, 0.6) is 0 Å². The standard InChI is InChI=1S/C18H26N6O3/c1-11-12-5-3-4-6-13(12)23-15(22-11)10-21-18(27)24-8-7-20-17(26)14(24)9-16(25)19-2/h14H,3-10H2,1-2H3,(H,19,25)(H,20,26)(H,21,27)/t14-/m1/s1. The molecule has 1 aromatic rings. The van der Waals surface area contributed by atoms with Crippen LogP contribution in [0.3, 0.4) is 0 Å². The number of amides is 4. The smallest absolute Gasteiger partial charge is 0.318 e. The fraction of sp³-hybridized carbons (Fsp3) is 0.611. The van der Waals surface area contributed by atoms with Crippen LogP contribution in [0.25, 0.3) is 0 Å². The number of nitrogens with one attached hydrogen (secondary N) is 3. The molecule has 1 fully saturated rings. The SMILES string of the molecule is CNC(=O)C[C@@H]1C(=O)NCCN1C(=O)NCc1nc(C)c2c(n1)CCCC2. The van der Waals surface area contributed by atoms with Crippen LogP contribution in [0.4, 0.5) is 4.79 Å². The van der Waals surface area contributed by atoms with Gasteiger partial charge in [0.1, 0.15) is 11.9 Å². The van der Waals surface area contributed by atoms with Crippen molar-refractivity contribution in [2.24, 2.45) is 0 Å². The van der Waals surface area contributed by atoms with Crippen molar-refractivity contribution in [1.82, 2.24) is 30.8 Å². The number of fused-ring (bicyclic) bond motifs is 1. The van der Waals surface area contributed by atoms with E-state index in [0.717, 1.165) is 37.1 Å². The fourth-order valence-electron chi connectivity index (χ4n) is 3.62. The number of urea groups is 1. The van der Waals surface area contributed by atoms with Crippen molar-refractivity contribution in [2.75, 3.05) is 20.1 Å². The van der Waals surface area contributed by atoms with Gasteiger partial charge in [-0.25, -0.2) is 14.8 Å². The van der Waals surface area contributed by atoms with E-state index < -0.39 is 12.1 Å². The minimum atomic E-state index is -0.815. The van der Waals surface area contributed by atoms with E-state index in [0.29, 0.717) is 18.9 Å². The van der Waals surface area contributed by atoms with E-state index in [4.69, 9.17) is 0 Å². The zero-order valence-corrected chi connectivity index (χ0v) is 15.8. The Balaban J connectivity index is 1.66. The molecule has 1 saturated heterocycles. The molecular formula is C18H26N6O3. The van der Waals surface area contributed by atoms with Gasteiger partial charge in [0, 0.05) is 31.5 Å². The number of nitrogens with zero attached hydrogens (tertiary/aromatic N) is 3. The topological polar surface area (TPSA) is 116 Å². The Labute approximate surface area is 158 Å². The Hall–Kier alpha value is -2.71. The van der Waals surface area contributed by atoms with Crippen molar-refractivity contribution in [3.8, 4) is 0 Å². The Morgan fingerprint density at radius 2 is 2.04 bits per heavy atom. The largest absolute Gasteiger partial charge is 0.359 e. The average Bonchev–Trinajstić information content (AvgIpc) is 2.67. The first-order chi connectivity index (χ1) is 13.0. The van der Waals surface area contributed by atoms with Gasteiger partial charge in [-0.15, -0.1) is 0 Å². The van der Waals surface area contributed by atoms with E-state index in [1.165, 1.54) is 17.5 Å². The summed E-state index contributed by atoms with van der Waals surface area (Å²) in [7, 11) is 1.50. The number of aromatic nitrogens is 2. The Bertz CT molecular complexity index is 751. The van der Waals surface area contributed by atoms with Gasteiger partial charge in [-0.1, -0.05) is 0 Å². The van der Waals surface area contributed by atoms with E-state index in [-0.39, 0.29) is 24.8 Å². The molecule has 0 aromatic carbocycles. The second-order valence-corrected chi connectivity index (χ2v) is 6.89. The van der Waals surface area contributed by atoms with Crippen molar-refractivity contribution in [3.63, 3.8) is 0 Å². The molecule has 1 aliphatic heterocycles. The molecule has 0 unspecified atom stereocenters. The maximum atomic E-state index is 12.6. The normalized spacial score (nSPS) is 19.1. The number of aryl methyl sites for hydroxylation is 2. The van der Waals surface area contributed by atoms with Crippen LogP contribution in [0, 0.1) is 6.92 Å². The lowest BCUT2D eigenvalue weighted by Crippen LogP contribution is -2.60. The Morgan fingerprint density at radius 1 is 1.26 bits per heavy atom. The molecule has 146 valence electrons. The Morgan fingerprint density at radius 3 is 2.81 bits per heavy atom. The third kappa shape index (κ3) is 4.35. The molecule has 2 heterocycles. The molecule has 3 rings (SSSR count). The van der Waals surface area contributed by atoms with Crippen LogP contribution in [0.1, 0.15) is 42.0 Å². The molecule has 27 heavy (non-hydrogen) atoms. The molecule has 3 N–H and O–H groups in total. The van der Waals surface area contributed by atoms with Gasteiger partial charge in [-0.3, -0.25) is 9.59 Å². The number of hydrogen-bond acceptors (Lipinski definition) is 5. The van der Waals surface area contributed by atoms with Crippen molar-refractivity contribution in [1.29, 1.82) is 0 Å². The third-order valence-electron chi connectivity index (χ3n) is 5.08. The predicted octanol–water partition coefficient (Wildman–Crippen LogP) is -0.190. The highest BCUT2D eigenvalue weighted by molar-refractivity contribution is 5.92. The molecule has 0 saturated carbocycles. The number of rotatable bonds is 4. The number of piperazine rings is 1. The van der Waals surface area contributed by atoms with E-state index in [9.17, 15) is 14.4 Å². The summed E-state index contributed by atoms with van der Waals surface area (Å²) in [6.45, 7) is 2.89. The van der Waals surface area contributed by atoms with E-state index in [1.807, 2.05) is 6.92 Å². The average molecular weight is 374 g/mol. The van der Waals surface area contributed by atoms with Gasteiger partial charge in [0.05, 0.1) is 13.0 Å². The maximum Gasteiger partial charge on any atom is 0.318 e. The molecule has 0 bridgehead atoms. The fourth-order valence-corrected chi connectivity index (χ4v) is 3.62. The molecule has 9 heteroatoms. The first-order valence-electron chi connectivity index (χ1n) is 9.37. The number of hydrogen-bond donors (Lipinski definition) is 3. The minimum absolute atomic E-state index is 0.0653. The number of carbonyl (C=O) groups excluding carboxylic acids is 3. The van der Waals surface area contributed by atoms with E-state index >= 15 is 0 Å². The van der Waals surface area contributed by atoms with Gasteiger partial charge in [0.2, 0.25) is 11.8 Å². The van der Waals surface area contributed by atoms with Gasteiger partial charge in [0.25, 0.3) is 0 Å². The zero-order chi connectivity index (χ0) is 19.4. The molecule has 0 spiro atoms. The third-order valence-corrected chi connectivity index (χ3v) is 5.08. The summed E-state index contributed by atoms with van der Waals surface area (Å²) >= 11 is 0. The van der Waals surface area contributed by atoms with Gasteiger partial charge >= 0.3 is 6.03 Å². The summed E-state index contributed by atoms with van der Waals surface area (Å²) in [5.74, 6) is -0.0322. The molecular weight excluding hydrogens is 348 g/mol. The zero-order valence-electron chi connectivity index (χ0n) is 15.8. The highest BCUT2D eigenvalue weighted by Gasteiger charge is 2.34. The predicted molar refractivity (Wildman–Crippen MR) is 97.8 cm³/mol. The van der Waals surface area contributed by atoms with E-state index in [1.54, 1.807) is 0 Å². The van der Waals surface area contributed by atoms with Crippen LogP contribution in [0.15, 0.2) is 0 Å². The van der Waals surface area contributed by atoms with Crippen LogP contribution in [-0.2, 0) is 29.0 Å². The molecule has 9 nitrogen and oxygen atoms in total. The summed E-state index contributed by atoms with van der Waals surface area (Å²) in [6, 6.07) is -1.21. The highest BCUT2D eigenvalue weighted by atomic mass is 16.2. The molecule has 0 radical (unpaired) electrons. The van der Waals surface area contributed by atoms with Crippen LogP contribution in [-0.4, -0.2) is 58.9 Å². The lowest BCUT2D eigenvalue weighted by Gasteiger charge is -2.34. The highest BCUT2D eigenvalue weighted by Crippen LogP contribution is 2.21. The molecule has 1 atom stereocenters. The van der Waals surface area contributed by atoms with Crippen molar-refractivity contribution in [3.05, 3.63) is 22.8 Å². The summed E-state index contributed by atoms with van der Waals surface area (Å²) in [5.41, 5.74) is 3.28. The maximum absolute atomic E-state index is 12.6. The van der Waals surface area contributed by atoms with Gasteiger partial charge in [-0.05, 0) is 38.2 Å². The summed E-state index contributed by atoms with van der Waals surface area (Å²) in [6.07, 6.45) is 4.18. The molecule has 4 amide bonds. The quantitative estimate of drug-likeness (QED) is 0.675. The van der Waals surface area contributed by atoms with Crippen molar-refractivity contribution in [2.45, 2.75) is 51.6 Å². The minimum Gasteiger partial charge on any atom is -0.359 e. The first kappa shape index (κ1) is 19.1. The summed E-state index contributed by atoms with van der Waals surface area (Å²) < 4.78 is 0. The molecule has 1 aromatic heterocycles. The van der Waals surface area contributed by atoms with Crippen LogP contribution in [0.2, 0.25) is 0 Å². The lowest BCUT2D eigenvalue weighted by molar-refractivity contribution is -0.132. The van der Waals surface area contributed by atoms with E-state index in [2.05, 4.69) is 25.9 Å². The monoisotopic (exact) mass is 374 g/mol. The van der Waals surface area contributed by atoms with Gasteiger partial charge < -0.3 is 20.9 Å². The summed E-state index contributed by atoms with van der Waals surface area (Å²) in [5, 5.41) is 7.98. The van der Waals surface area contributed by atoms with Crippen LogP contribution < -0.4 is 16.0 Å². The van der Waals surface area contributed by atoms with Gasteiger partial charge in [-0.2, -0.15) is 0 Å². The van der Waals surface area contributed by atoms with Crippen LogP contribution >= 0.6 is 0 Å². The summed E-state index contributed by atoms with van der Waals surface area (Å²) in [4.78, 5) is 46.9. The number of carbonyl (C=O) groups is 3. The second-order valence-electron chi connectivity index (χ2n) is 6.89. The first-order valence-corrected chi connectivity index (χ1v) is 9.37.